The zero-order chi connectivity index (χ0) is 12.4. The summed E-state index contributed by atoms with van der Waals surface area (Å²) in [5, 5.41) is 3.55. The van der Waals surface area contributed by atoms with Gasteiger partial charge in [0.2, 0.25) is 5.95 Å². The molecule has 2 heterocycles. The molecule has 0 spiro atoms. The van der Waals surface area contributed by atoms with Crippen LogP contribution in [0.2, 0.25) is 5.02 Å². The van der Waals surface area contributed by atoms with Gasteiger partial charge in [-0.3, -0.25) is 0 Å². The topological polar surface area (TPSA) is 44.3 Å². The third-order valence-electron chi connectivity index (χ3n) is 3.05. The van der Waals surface area contributed by atoms with Gasteiger partial charge in [-0.25, -0.2) is 4.98 Å². The second-order valence-corrected chi connectivity index (χ2v) is 4.83. The predicted octanol–water partition coefficient (Wildman–Crippen LogP) is 1.31. The quantitative estimate of drug-likeness (QED) is 0.863. The molecule has 1 aliphatic rings. The number of nitrogens with one attached hydrogen (secondary N) is 1. The highest BCUT2D eigenvalue weighted by Gasteiger charge is 2.24. The summed E-state index contributed by atoms with van der Waals surface area (Å²) in [5.41, 5.74) is 0. The molecule has 6 heteroatoms. The Hall–Kier alpha value is -1.07. The molecule has 0 aromatic carbocycles. The third kappa shape index (κ3) is 2.61. The van der Waals surface area contributed by atoms with Crippen molar-refractivity contribution in [3.63, 3.8) is 0 Å². The van der Waals surface area contributed by atoms with E-state index in [1.807, 2.05) is 0 Å². The number of halogens is 1. The first-order valence-corrected chi connectivity index (χ1v) is 6.15. The number of likely N-dealkylation sites (N-methyl/N-ethyl adjacent to an activating group) is 1. The number of piperazine rings is 1. The number of hydrogen-bond acceptors (Lipinski definition) is 5. The Bertz CT molecular complexity index is 397. The van der Waals surface area contributed by atoms with E-state index in [4.69, 9.17) is 11.6 Å². The van der Waals surface area contributed by atoms with E-state index in [1.54, 1.807) is 13.2 Å². The molecule has 0 bridgehead atoms. The molecule has 5 nitrogen and oxygen atoms in total. The molecule has 0 radical (unpaired) electrons. The molecular weight excluding hydrogens is 238 g/mol. The second-order valence-electron chi connectivity index (χ2n) is 4.42. The first-order chi connectivity index (χ1) is 8.11. The number of hydrogen-bond donors (Lipinski definition) is 1. The second kappa shape index (κ2) is 5.06. The maximum atomic E-state index is 6.18. The zero-order valence-electron chi connectivity index (χ0n) is 10.4. The number of anilines is 2. The van der Waals surface area contributed by atoms with Gasteiger partial charge in [-0.05, 0) is 14.0 Å². The van der Waals surface area contributed by atoms with Crippen molar-refractivity contribution in [3.8, 4) is 0 Å². The van der Waals surface area contributed by atoms with Gasteiger partial charge in [-0.15, -0.1) is 0 Å². The number of rotatable bonds is 2. The average molecular weight is 256 g/mol. The smallest absolute Gasteiger partial charge is 0.224 e. The molecule has 17 heavy (non-hydrogen) atoms. The lowest BCUT2D eigenvalue weighted by atomic mass is 10.2. The van der Waals surface area contributed by atoms with E-state index in [2.05, 4.69) is 39.1 Å². The van der Waals surface area contributed by atoms with Gasteiger partial charge in [-0.2, -0.15) is 4.98 Å². The largest absolute Gasteiger partial charge is 0.357 e. The SMILES string of the molecule is CNc1ncc(Cl)c(N2CCN(C)CC2C)n1. The van der Waals surface area contributed by atoms with Crippen molar-refractivity contribution in [2.45, 2.75) is 13.0 Å². The van der Waals surface area contributed by atoms with Gasteiger partial charge in [0.05, 0.1) is 6.20 Å². The zero-order valence-corrected chi connectivity index (χ0v) is 11.2. The van der Waals surface area contributed by atoms with Crippen LogP contribution in [0.4, 0.5) is 11.8 Å². The van der Waals surface area contributed by atoms with Gasteiger partial charge in [0.15, 0.2) is 5.82 Å². The number of nitrogens with zero attached hydrogens (tertiary/aromatic N) is 4. The maximum absolute atomic E-state index is 6.18. The molecule has 0 amide bonds. The molecule has 1 atom stereocenters. The molecule has 1 aromatic rings. The summed E-state index contributed by atoms with van der Waals surface area (Å²) in [7, 11) is 3.94. The summed E-state index contributed by atoms with van der Waals surface area (Å²) in [6.07, 6.45) is 1.65. The van der Waals surface area contributed by atoms with Crippen LogP contribution in [0.3, 0.4) is 0 Å². The minimum Gasteiger partial charge on any atom is -0.357 e. The van der Waals surface area contributed by atoms with Gasteiger partial charge in [0.25, 0.3) is 0 Å². The monoisotopic (exact) mass is 255 g/mol. The van der Waals surface area contributed by atoms with Crippen LogP contribution in [0.25, 0.3) is 0 Å². The highest BCUT2D eigenvalue weighted by atomic mass is 35.5. The lowest BCUT2D eigenvalue weighted by Crippen LogP contribution is -2.51. The minimum absolute atomic E-state index is 0.408. The van der Waals surface area contributed by atoms with Crippen LogP contribution in [0.15, 0.2) is 6.20 Å². The van der Waals surface area contributed by atoms with E-state index < -0.39 is 0 Å². The number of aromatic nitrogens is 2. The summed E-state index contributed by atoms with van der Waals surface area (Å²) in [6.45, 7) is 5.18. The lowest BCUT2D eigenvalue weighted by molar-refractivity contribution is 0.274. The summed E-state index contributed by atoms with van der Waals surface area (Å²) >= 11 is 6.18. The molecular formula is C11H18ClN5. The predicted molar refractivity (Wildman–Crippen MR) is 70.9 cm³/mol. The molecule has 1 fully saturated rings. The van der Waals surface area contributed by atoms with Crippen LogP contribution in [0, 0.1) is 0 Å². The minimum atomic E-state index is 0.408. The molecule has 1 unspecified atom stereocenters. The van der Waals surface area contributed by atoms with Crippen molar-refractivity contribution >= 4 is 23.4 Å². The van der Waals surface area contributed by atoms with Gasteiger partial charge >= 0.3 is 0 Å². The molecule has 94 valence electrons. The van der Waals surface area contributed by atoms with Crippen molar-refractivity contribution in [2.75, 3.05) is 43.9 Å². The highest BCUT2D eigenvalue weighted by molar-refractivity contribution is 6.32. The van der Waals surface area contributed by atoms with Crippen molar-refractivity contribution in [3.05, 3.63) is 11.2 Å². The van der Waals surface area contributed by atoms with Gasteiger partial charge in [0, 0.05) is 32.7 Å². The lowest BCUT2D eigenvalue weighted by Gasteiger charge is -2.39. The fourth-order valence-corrected chi connectivity index (χ4v) is 2.33. The third-order valence-corrected chi connectivity index (χ3v) is 3.32. The van der Waals surface area contributed by atoms with E-state index in [9.17, 15) is 0 Å². The molecule has 1 N–H and O–H groups in total. The van der Waals surface area contributed by atoms with Crippen molar-refractivity contribution < 1.29 is 0 Å². The van der Waals surface area contributed by atoms with Crippen molar-refractivity contribution in [2.24, 2.45) is 0 Å². The molecule has 2 rings (SSSR count). The average Bonchev–Trinajstić information content (AvgIpc) is 2.30. The Morgan fingerprint density at radius 1 is 1.47 bits per heavy atom. The van der Waals surface area contributed by atoms with E-state index >= 15 is 0 Å². The molecule has 0 saturated carbocycles. The highest BCUT2D eigenvalue weighted by Crippen LogP contribution is 2.26. The fraction of sp³-hybridized carbons (Fsp3) is 0.636. The van der Waals surface area contributed by atoms with Crippen LogP contribution in [-0.4, -0.2) is 54.6 Å². The van der Waals surface area contributed by atoms with E-state index in [0.717, 1.165) is 25.5 Å². The Morgan fingerprint density at radius 2 is 2.24 bits per heavy atom. The summed E-state index contributed by atoms with van der Waals surface area (Å²) in [4.78, 5) is 13.1. The molecule has 1 aromatic heterocycles. The first kappa shape index (κ1) is 12.4. The Kier molecular flexibility index (Phi) is 3.69. The van der Waals surface area contributed by atoms with E-state index in [1.165, 1.54) is 0 Å². The van der Waals surface area contributed by atoms with Crippen LogP contribution in [0.5, 0.6) is 0 Å². The van der Waals surface area contributed by atoms with Crippen LogP contribution in [0.1, 0.15) is 6.92 Å². The van der Waals surface area contributed by atoms with Gasteiger partial charge < -0.3 is 15.1 Å². The maximum Gasteiger partial charge on any atom is 0.224 e. The van der Waals surface area contributed by atoms with Gasteiger partial charge in [0.1, 0.15) is 5.02 Å². The van der Waals surface area contributed by atoms with Crippen LogP contribution < -0.4 is 10.2 Å². The summed E-state index contributed by atoms with van der Waals surface area (Å²) < 4.78 is 0. The Morgan fingerprint density at radius 3 is 2.88 bits per heavy atom. The normalized spacial score (nSPS) is 21.6. The fourth-order valence-electron chi connectivity index (χ4n) is 2.13. The molecule has 0 aliphatic carbocycles. The Balaban J connectivity index is 2.26. The van der Waals surface area contributed by atoms with Crippen molar-refractivity contribution in [1.82, 2.24) is 14.9 Å². The van der Waals surface area contributed by atoms with Crippen LogP contribution in [-0.2, 0) is 0 Å². The van der Waals surface area contributed by atoms with Crippen LogP contribution >= 0.6 is 11.6 Å². The van der Waals surface area contributed by atoms with E-state index in [0.29, 0.717) is 17.0 Å². The Labute approximate surface area is 107 Å². The van der Waals surface area contributed by atoms with E-state index in [-0.39, 0.29) is 0 Å². The summed E-state index contributed by atoms with van der Waals surface area (Å²) in [6, 6.07) is 0.408. The molecule has 1 aliphatic heterocycles. The van der Waals surface area contributed by atoms with Crippen molar-refractivity contribution in [1.29, 1.82) is 0 Å². The standard InChI is InChI=1S/C11H18ClN5/c1-8-7-16(3)4-5-17(8)10-9(12)6-14-11(13-2)15-10/h6,8H,4-5,7H2,1-3H3,(H,13,14,15). The summed E-state index contributed by atoms with van der Waals surface area (Å²) in [5.74, 6) is 1.43. The first-order valence-electron chi connectivity index (χ1n) is 5.77. The van der Waals surface area contributed by atoms with Gasteiger partial charge in [-0.1, -0.05) is 11.6 Å². The molecule has 1 saturated heterocycles.